The molecule has 20 rings (SSSR count). The van der Waals surface area contributed by atoms with Crippen LogP contribution in [-0.2, 0) is 28.2 Å². The number of nitrogens with zero attached hydrogens (tertiary/aromatic N) is 8. The molecule has 0 N–H and O–H groups in total. The van der Waals surface area contributed by atoms with E-state index < -0.39 is 6.85 Å². The molecule has 0 saturated heterocycles. The monoisotopic (exact) mass is 1520 g/mol. The van der Waals surface area contributed by atoms with Crippen LogP contribution in [0, 0.1) is 83.0 Å². The summed E-state index contributed by atoms with van der Waals surface area (Å²) in [6.45, 7) is 20.7. The normalized spacial score (nSPS) is 11.9. The Bertz CT molecular complexity index is 7390. The molecule has 12 nitrogen and oxygen atoms in total. The van der Waals surface area contributed by atoms with Crippen LogP contribution in [0.15, 0.2) is 285 Å². The predicted molar refractivity (Wildman–Crippen MR) is 471 cm³/mol. The highest BCUT2D eigenvalue weighted by molar-refractivity contribution is 6.13. The summed E-state index contributed by atoms with van der Waals surface area (Å²) in [6, 6.07) is 81.5. The first-order chi connectivity index (χ1) is 57.3. The molecule has 8 aromatic carbocycles. The fraction of sp³-hybridized carbons (Fsp3) is 0.154. The minimum absolute atomic E-state index is 0.293. The highest BCUT2D eigenvalue weighted by Crippen LogP contribution is 2.44. The first-order valence-electron chi connectivity index (χ1n) is 40.8. The van der Waals surface area contributed by atoms with Crippen LogP contribution < -0.4 is 18.3 Å². The van der Waals surface area contributed by atoms with Gasteiger partial charge in [-0.3, -0.25) is 0 Å². The summed E-state index contributed by atoms with van der Waals surface area (Å²) in [4.78, 5) is 18.2. The minimum Gasteiger partial charge on any atom is -0.437 e. The zero-order valence-corrected chi connectivity index (χ0v) is 68.1. The van der Waals surface area contributed by atoms with Crippen molar-refractivity contribution in [2.75, 3.05) is 0 Å². The van der Waals surface area contributed by atoms with Crippen molar-refractivity contribution in [3.05, 3.63) is 335 Å². The molecule has 0 amide bonds. The molecule has 0 bridgehead atoms. The second-order valence-electron chi connectivity index (χ2n) is 30.8. The zero-order valence-electron chi connectivity index (χ0n) is 71.1. The topological polar surface area (TPSA) is 120 Å². The number of hydrogen-bond acceptors (Lipinski definition) is 8. The van der Waals surface area contributed by atoms with E-state index in [0.717, 1.165) is 133 Å². The number of aryl methyl sites for hydroxylation is 16. The van der Waals surface area contributed by atoms with Crippen molar-refractivity contribution in [2.24, 2.45) is 28.2 Å². The molecule has 568 valence electrons. The first-order valence-corrected chi connectivity index (χ1v) is 39.3. The van der Waals surface area contributed by atoms with Gasteiger partial charge in [0.1, 0.15) is 28.2 Å². The first kappa shape index (κ1) is 71.2. The lowest BCUT2D eigenvalue weighted by Gasteiger charge is -2.11. The van der Waals surface area contributed by atoms with Crippen molar-refractivity contribution < 1.29 is 40.0 Å². The summed E-state index contributed by atoms with van der Waals surface area (Å²) in [6.07, 6.45) is 10.5. The number of furan rings is 4. The molecule has 12 aromatic heterocycles. The van der Waals surface area contributed by atoms with Crippen LogP contribution in [0.4, 0.5) is 0 Å². The number of aromatic nitrogens is 8. The van der Waals surface area contributed by atoms with E-state index in [1.807, 2.05) is 83.3 Å². The van der Waals surface area contributed by atoms with Gasteiger partial charge in [0.05, 0.1) is 22.3 Å². The van der Waals surface area contributed by atoms with Crippen LogP contribution in [0.1, 0.15) is 71.3 Å². The van der Waals surface area contributed by atoms with Crippen LogP contribution in [-0.4, -0.2) is 19.9 Å². The highest BCUT2D eigenvalue weighted by Gasteiger charge is 2.29. The van der Waals surface area contributed by atoms with Gasteiger partial charge < -0.3 is 17.7 Å². The predicted octanol–water partition coefficient (Wildman–Crippen LogP) is 24.3. The third-order valence-electron chi connectivity index (χ3n) is 22.5. The largest absolute Gasteiger partial charge is 0.437 e. The van der Waals surface area contributed by atoms with E-state index in [4.69, 9.17) is 21.8 Å². The number of hydrogen-bond donors (Lipinski definition) is 0. The Balaban J connectivity index is 0.000000114. The Labute approximate surface area is 679 Å². The number of benzene rings is 8. The number of rotatable bonds is 8. The van der Waals surface area contributed by atoms with E-state index >= 15 is 0 Å². The van der Waals surface area contributed by atoms with Crippen LogP contribution in [0.3, 0.4) is 0 Å². The van der Waals surface area contributed by atoms with Crippen LogP contribution in [0.2, 0.25) is 0 Å². The molecule has 12 heterocycles. The van der Waals surface area contributed by atoms with Crippen molar-refractivity contribution in [3.63, 3.8) is 0 Å². The van der Waals surface area contributed by atoms with E-state index in [1.165, 1.54) is 72.3 Å². The molecule has 20 aromatic rings. The Hall–Kier alpha value is -13.8. The minimum atomic E-state index is -2.26. The SMILES string of the molecule is Cc1cc(-c2c(C)ccc3c2oc2ncccc23)[n+](C)cc1-c1ccccc1.Cc1ccc2c(n1)oc1c(-c3cc(C)c(-c4ccccc4)c[n+]3C)c(C)cc(C)c12.Cc1ccc2c(n1)oc1c(-c3cc(C)c(-c4ccccc4)c[n+]3C)c(C)ccc12.[2H]C([2H])([2H])c1cc(C)c(-c2ccc(-c3ccccc3)c[n+]2C)c2oc3nc(C)ccc3c12. The fourth-order valence-corrected chi connectivity index (χ4v) is 16.7. The standard InChI is InChI=1S/C27H25N2O.2C26H23N2O.C25H21N2O/c1-16-14-23(29(5)15-22(16)20-9-7-6-8-10-20)25-18(3)13-17(2)24-21-12-11-19(4)28-27(21)30-26(24)25;1-16-14-17(2)24(25-23(16)21-12-10-18(3)27-26(21)29-25)22-13-11-20(15-28(22)4)19-8-6-5-7-9-19;1-16-10-12-20-21-13-11-18(3)27-26(21)29-25(20)24(16)23-14-17(2)22(15-28(23)4)19-8-6-5-7-9-19;1-16-11-12-19-20-10-7-13-26-25(20)28-24(19)23(16)22-14-17(2)21(15-27(22)3)18-8-5-4-6-9-18/h6-15H,1-5H3;2*5-15H,1-4H3;4-15H,1-3H3/q4*+1/i;1D3;;. The molecule has 0 aliphatic heterocycles. The summed E-state index contributed by atoms with van der Waals surface area (Å²) < 4.78 is 58.1. The summed E-state index contributed by atoms with van der Waals surface area (Å²) >= 11 is 0. The maximum absolute atomic E-state index is 8.11. The van der Waals surface area contributed by atoms with Crippen molar-refractivity contribution in [3.8, 4) is 89.5 Å². The number of pyridine rings is 8. The van der Waals surface area contributed by atoms with Crippen molar-refractivity contribution in [1.29, 1.82) is 0 Å². The third-order valence-corrected chi connectivity index (χ3v) is 22.5. The Morgan fingerprint density at radius 2 is 0.612 bits per heavy atom. The van der Waals surface area contributed by atoms with Gasteiger partial charge in [0.2, 0.25) is 45.6 Å². The second-order valence-corrected chi connectivity index (χ2v) is 30.8. The summed E-state index contributed by atoms with van der Waals surface area (Å²) in [5, 5.41) is 7.90. The molecule has 116 heavy (non-hydrogen) atoms. The Morgan fingerprint density at radius 3 is 1.05 bits per heavy atom. The van der Waals surface area contributed by atoms with Gasteiger partial charge in [-0.15, -0.1) is 0 Å². The van der Waals surface area contributed by atoms with Crippen molar-refractivity contribution in [2.45, 2.75) is 83.0 Å². The van der Waals surface area contributed by atoms with Gasteiger partial charge in [0, 0.05) is 117 Å². The van der Waals surface area contributed by atoms with Crippen LogP contribution >= 0.6 is 0 Å². The molecule has 0 aliphatic carbocycles. The van der Waals surface area contributed by atoms with E-state index in [2.05, 4.69) is 315 Å². The molecule has 0 fully saturated rings. The smallest absolute Gasteiger partial charge is 0.227 e. The third kappa shape index (κ3) is 13.8. The molecule has 0 spiro atoms. The highest BCUT2D eigenvalue weighted by atomic mass is 16.4. The van der Waals surface area contributed by atoms with Crippen molar-refractivity contribution >= 4 is 88.3 Å². The molecule has 0 unspecified atom stereocenters. The number of fused-ring (bicyclic) bond motifs is 12. The molecule has 0 radical (unpaired) electrons. The molecular formula is C104H92N8O4+4. The lowest BCUT2D eigenvalue weighted by atomic mass is 9.95. The van der Waals surface area contributed by atoms with Gasteiger partial charge in [-0.1, -0.05) is 158 Å². The quantitative estimate of drug-likeness (QED) is 0.138. The summed E-state index contributed by atoms with van der Waals surface area (Å²) in [5.41, 5.74) is 36.5. The van der Waals surface area contributed by atoms with Gasteiger partial charge in [-0.2, -0.15) is 0 Å². The second kappa shape index (κ2) is 30.6. The molecule has 12 heteroatoms. The van der Waals surface area contributed by atoms with E-state index in [9.17, 15) is 0 Å². The van der Waals surface area contributed by atoms with Gasteiger partial charge in [-0.25, -0.2) is 38.2 Å². The molecule has 0 aliphatic rings. The maximum atomic E-state index is 8.11. The summed E-state index contributed by atoms with van der Waals surface area (Å²) in [7, 11) is 8.30. The van der Waals surface area contributed by atoms with Crippen LogP contribution in [0.5, 0.6) is 0 Å². The van der Waals surface area contributed by atoms with Gasteiger partial charge in [0.15, 0.2) is 47.1 Å². The average molecular weight is 1520 g/mol. The lowest BCUT2D eigenvalue weighted by molar-refractivity contribution is -0.660. The van der Waals surface area contributed by atoms with E-state index in [0.29, 0.717) is 39.4 Å². The maximum Gasteiger partial charge on any atom is 0.227 e. The van der Waals surface area contributed by atoms with Gasteiger partial charge in [0.25, 0.3) is 0 Å². The average Bonchev–Trinajstić information content (AvgIpc) is 1.63. The fourth-order valence-electron chi connectivity index (χ4n) is 16.7. The van der Waals surface area contributed by atoms with Crippen molar-refractivity contribution in [1.82, 2.24) is 19.9 Å². The van der Waals surface area contributed by atoms with Crippen LogP contribution in [0.25, 0.3) is 178 Å². The zero-order chi connectivity index (χ0) is 83.0. The van der Waals surface area contributed by atoms with E-state index in [-0.39, 0.29) is 0 Å². The lowest BCUT2D eigenvalue weighted by Crippen LogP contribution is -2.31. The summed E-state index contributed by atoms with van der Waals surface area (Å²) in [5.74, 6) is 0. The van der Waals surface area contributed by atoms with Gasteiger partial charge in [-0.05, 0) is 210 Å². The Morgan fingerprint density at radius 1 is 0.259 bits per heavy atom. The van der Waals surface area contributed by atoms with E-state index in [1.54, 1.807) is 12.3 Å². The molecule has 0 saturated carbocycles. The molecule has 0 atom stereocenters. The molecular weight excluding hydrogens is 1430 g/mol. The van der Waals surface area contributed by atoms with Gasteiger partial charge >= 0.3 is 0 Å². The Kier molecular flexibility index (Phi) is 18.8.